The number of carbonyl (C=O) groups excluding carboxylic acids is 2. The van der Waals surface area contributed by atoms with E-state index in [9.17, 15) is 14.4 Å². The average Bonchev–Trinajstić information content (AvgIpc) is 3.09. The highest BCUT2D eigenvalue weighted by Crippen LogP contribution is 2.24. The first-order valence-electron chi connectivity index (χ1n) is 10.3. The van der Waals surface area contributed by atoms with Gasteiger partial charge in [-0.15, -0.1) is 0 Å². The number of nitrogens with zero attached hydrogens (tertiary/aromatic N) is 2. The molecule has 0 fully saturated rings. The molecule has 0 unspecified atom stereocenters. The number of benzene rings is 2. The standard InChI is InChI=1S/C24H22N2O5S/c1-4-30-21(27)13-26-18-10-9-15(14(2)3)12-20(18)32-24(26)25-22(28)17-11-16-7-5-6-8-19(16)31-23(17)29/h5-12,14H,4,13H2,1-3H3. The number of aromatic nitrogens is 1. The van der Waals surface area contributed by atoms with Crippen LogP contribution in [0.3, 0.4) is 0 Å². The summed E-state index contributed by atoms with van der Waals surface area (Å²) < 4.78 is 12.9. The van der Waals surface area contributed by atoms with E-state index in [4.69, 9.17) is 9.15 Å². The van der Waals surface area contributed by atoms with Crippen LogP contribution in [-0.2, 0) is 16.1 Å². The lowest BCUT2D eigenvalue weighted by molar-refractivity contribution is -0.143. The minimum atomic E-state index is -0.752. The van der Waals surface area contributed by atoms with Crippen molar-refractivity contribution in [2.45, 2.75) is 33.2 Å². The fourth-order valence-electron chi connectivity index (χ4n) is 3.38. The number of amides is 1. The van der Waals surface area contributed by atoms with Gasteiger partial charge in [0.15, 0.2) is 4.80 Å². The zero-order valence-electron chi connectivity index (χ0n) is 18.0. The van der Waals surface area contributed by atoms with Gasteiger partial charge >= 0.3 is 11.6 Å². The third-order valence-electron chi connectivity index (χ3n) is 5.04. The maximum Gasteiger partial charge on any atom is 0.349 e. The van der Waals surface area contributed by atoms with Gasteiger partial charge in [-0.1, -0.05) is 49.4 Å². The first-order valence-corrected chi connectivity index (χ1v) is 11.1. The fourth-order valence-corrected chi connectivity index (χ4v) is 4.46. The van der Waals surface area contributed by atoms with E-state index in [2.05, 4.69) is 18.8 Å². The summed E-state index contributed by atoms with van der Waals surface area (Å²) >= 11 is 1.28. The molecule has 4 rings (SSSR count). The molecule has 0 N–H and O–H groups in total. The zero-order valence-corrected chi connectivity index (χ0v) is 18.8. The van der Waals surface area contributed by atoms with Gasteiger partial charge in [-0.25, -0.2) is 4.79 Å². The predicted molar refractivity (Wildman–Crippen MR) is 123 cm³/mol. The van der Waals surface area contributed by atoms with Gasteiger partial charge in [0, 0.05) is 5.39 Å². The molecule has 32 heavy (non-hydrogen) atoms. The molecule has 0 radical (unpaired) electrons. The topological polar surface area (TPSA) is 90.9 Å². The number of thiazole rings is 1. The number of para-hydroxylation sites is 1. The molecule has 2 aromatic heterocycles. The third-order valence-corrected chi connectivity index (χ3v) is 6.08. The second-order valence-electron chi connectivity index (χ2n) is 7.56. The van der Waals surface area contributed by atoms with E-state index in [1.807, 2.05) is 18.2 Å². The number of esters is 1. The van der Waals surface area contributed by atoms with E-state index in [0.29, 0.717) is 21.7 Å². The van der Waals surface area contributed by atoms with Crippen LogP contribution in [0.15, 0.2) is 62.7 Å². The van der Waals surface area contributed by atoms with Crippen LogP contribution < -0.4 is 10.4 Å². The van der Waals surface area contributed by atoms with Gasteiger partial charge in [-0.05, 0) is 42.7 Å². The van der Waals surface area contributed by atoms with Crippen LogP contribution in [-0.4, -0.2) is 23.1 Å². The molecular weight excluding hydrogens is 428 g/mol. The molecule has 0 aliphatic heterocycles. The summed E-state index contributed by atoms with van der Waals surface area (Å²) in [7, 11) is 0. The van der Waals surface area contributed by atoms with Gasteiger partial charge in [0.05, 0.1) is 16.8 Å². The van der Waals surface area contributed by atoms with Crippen LogP contribution in [0.25, 0.3) is 21.2 Å². The Balaban J connectivity index is 1.86. The first-order chi connectivity index (χ1) is 15.4. The molecule has 4 aromatic rings. The van der Waals surface area contributed by atoms with Crippen molar-refractivity contribution in [1.82, 2.24) is 4.57 Å². The Morgan fingerprint density at radius 2 is 1.94 bits per heavy atom. The number of hydrogen-bond acceptors (Lipinski definition) is 6. The van der Waals surface area contributed by atoms with E-state index in [1.165, 1.54) is 17.4 Å². The summed E-state index contributed by atoms with van der Waals surface area (Å²) in [6.45, 7) is 6.08. The lowest BCUT2D eigenvalue weighted by Crippen LogP contribution is -2.24. The highest BCUT2D eigenvalue weighted by atomic mass is 32.1. The number of fused-ring (bicyclic) bond motifs is 2. The van der Waals surface area contributed by atoms with Crippen molar-refractivity contribution in [3.63, 3.8) is 0 Å². The van der Waals surface area contributed by atoms with Crippen molar-refractivity contribution < 1.29 is 18.7 Å². The van der Waals surface area contributed by atoms with Gasteiger partial charge in [0.1, 0.15) is 17.7 Å². The van der Waals surface area contributed by atoms with E-state index < -0.39 is 17.5 Å². The molecular formula is C24H22N2O5S. The van der Waals surface area contributed by atoms with Crippen LogP contribution in [0.1, 0.15) is 42.6 Å². The van der Waals surface area contributed by atoms with Crippen molar-refractivity contribution in [2.24, 2.45) is 4.99 Å². The number of rotatable bonds is 5. The molecule has 0 saturated carbocycles. The molecule has 2 aromatic carbocycles. The summed E-state index contributed by atoms with van der Waals surface area (Å²) in [4.78, 5) is 42.0. The van der Waals surface area contributed by atoms with Crippen molar-refractivity contribution in [3.05, 3.63) is 74.9 Å². The molecule has 0 saturated heterocycles. The second kappa shape index (κ2) is 8.92. The van der Waals surface area contributed by atoms with Crippen molar-refractivity contribution in [1.29, 1.82) is 0 Å². The Morgan fingerprint density at radius 1 is 1.16 bits per heavy atom. The molecule has 7 nitrogen and oxygen atoms in total. The predicted octanol–water partition coefficient (Wildman–Crippen LogP) is 4.24. The average molecular weight is 451 g/mol. The second-order valence-corrected chi connectivity index (χ2v) is 8.57. The quantitative estimate of drug-likeness (QED) is 0.335. The van der Waals surface area contributed by atoms with Crippen molar-refractivity contribution in [2.75, 3.05) is 6.61 Å². The largest absolute Gasteiger partial charge is 0.465 e. The Labute approximate surface area is 187 Å². The van der Waals surface area contributed by atoms with Crippen LogP contribution in [0.2, 0.25) is 0 Å². The molecule has 0 bridgehead atoms. The summed E-state index contributed by atoms with van der Waals surface area (Å²) in [5, 5.41) is 0.628. The normalized spacial score (nSPS) is 12.1. The van der Waals surface area contributed by atoms with Gasteiger partial charge in [0.2, 0.25) is 0 Å². The first kappa shape index (κ1) is 21.7. The summed E-state index contributed by atoms with van der Waals surface area (Å²) in [6, 6.07) is 14.4. The molecule has 2 heterocycles. The molecule has 0 aliphatic carbocycles. The Morgan fingerprint density at radius 3 is 2.69 bits per heavy atom. The highest BCUT2D eigenvalue weighted by Gasteiger charge is 2.16. The lowest BCUT2D eigenvalue weighted by atomic mass is 10.0. The maximum absolute atomic E-state index is 12.9. The number of hydrogen-bond donors (Lipinski definition) is 0. The van der Waals surface area contributed by atoms with Crippen LogP contribution in [0.5, 0.6) is 0 Å². The summed E-state index contributed by atoms with van der Waals surface area (Å²) in [5.41, 5.74) is 1.39. The zero-order chi connectivity index (χ0) is 22.8. The highest BCUT2D eigenvalue weighted by molar-refractivity contribution is 7.16. The van der Waals surface area contributed by atoms with Gasteiger partial charge in [-0.2, -0.15) is 4.99 Å². The summed E-state index contributed by atoms with van der Waals surface area (Å²) in [6.07, 6.45) is 0. The van der Waals surface area contributed by atoms with E-state index in [1.54, 1.807) is 35.8 Å². The number of ether oxygens (including phenoxy) is 1. The maximum atomic E-state index is 12.9. The van der Waals surface area contributed by atoms with E-state index in [0.717, 1.165) is 15.8 Å². The van der Waals surface area contributed by atoms with Gasteiger partial charge < -0.3 is 13.7 Å². The molecule has 1 amide bonds. The SMILES string of the molecule is CCOC(=O)Cn1c(=NC(=O)c2cc3ccccc3oc2=O)sc2cc(C(C)C)ccc21. The van der Waals surface area contributed by atoms with Crippen LogP contribution >= 0.6 is 11.3 Å². The monoisotopic (exact) mass is 450 g/mol. The molecule has 164 valence electrons. The van der Waals surface area contributed by atoms with Crippen molar-refractivity contribution in [3.8, 4) is 0 Å². The smallest absolute Gasteiger partial charge is 0.349 e. The molecule has 0 spiro atoms. The van der Waals surface area contributed by atoms with E-state index in [-0.39, 0.29) is 18.7 Å². The Kier molecular flexibility index (Phi) is 6.05. The molecule has 0 atom stereocenters. The van der Waals surface area contributed by atoms with Crippen LogP contribution in [0.4, 0.5) is 0 Å². The van der Waals surface area contributed by atoms with Gasteiger partial charge in [-0.3, -0.25) is 9.59 Å². The molecule has 0 aliphatic rings. The Bertz CT molecular complexity index is 1460. The van der Waals surface area contributed by atoms with Crippen LogP contribution in [0, 0.1) is 0 Å². The minimum absolute atomic E-state index is 0.0900. The third kappa shape index (κ3) is 4.27. The fraction of sp³-hybridized carbons (Fsp3) is 0.250. The van der Waals surface area contributed by atoms with Gasteiger partial charge in [0.25, 0.3) is 5.91 Å². The van der Waals surface area contributed by atoms with E-state index >= 15 is 0 Å². The lowest BCUT2D eigenvalue weighted by Gasteiger charge is -2.07. The Hall–Kier alpha value is -3.52. The molecule has 8 heteroatoms. The summed E-state index contributed by atoms with van der Waals surface area (Å²) in [5.74, 6) is -0.832. The van der Waals surface area contributed by atoms with Crippen molar-refractivity contribution >= 4 is 44.4 Å². The minimum Gasteiger partial charge on any atom is -0.465 e. The number of carbonyl (C=O) groups is 2.